The lowest BCUT2D eigenvalue weighted by atomic mass is 10.2. The summed E-state index contributed by atoms with van der Waals surface area (Å²) < 4.78 is 21.3. The van der Waals surface area contributed by atoms with Crippen LogP contribution in [0.1, 0.15) is 13.8 Å². The van der Waals surface area contributed by atoms with Gasteiger partial charge in [0.2, 0.25) is 0 Å². The van der Waals surface area contributed by atoms with Crippen LogP contribution in [0.4, 0.5) is 4.39 Å². The molecule has 2 aromatic carbocycles. The predicted molar refractivity (Wildman–Crippen MR) is 103 cm³/mol. The largest absolute Gasteiger partial charge is 0.465 e. The van der Waals surface area contributed by atoms with Crippen molar-refractivity contribution in [3.63, 3.8) is 0 Å². The van der Waals surface area contributed by atoms with Gasteiger partial charge in [0.1, 0.15) is 5.82 Å². The molecule has 0 aliphatic rings. The minimum atomic E-state index is -0.380. The Labute approximate surface area is 161 Å². The highest BCUT2D eigenvalue weighted by atomic mass is 32.2. The molecule has 0 bridgehead atoms. The fourth-order valence-electron chi connectivity index (χ4n) is 2.42. The van der Waals surface area contributed by atoms with Gasteiger partial charge in [-0.3, -0.25) is 9.36 Å². The van der Waals surface area contributed by atoms with E-state index in [1.165, 1.54) is 17.8 Å². The lowest BCUT2D eigenvalue weighted by Crippen LogP contribution is -2.12. The minimum Gasteiger partial charge on any atom is -0.465 e. The molecule has 0 spiro atoms. The summed E-state index contributed by atoms with van der Waals surface area (Å²) in [6.45, 7) is 4.34. The maximum atomic E-state index is 14.3. The third kappa shape index (κ3) is 4.74. The van der Waals surface area contributed by atoms with Crippen LogP contribution in [0.5, 0.6) is 0 Å². The Hall–Kier alpha value is -2.67. The van der Waals surface area contributed by atoms with E-state index < -0.39 is 0 Å². The van der Waals surface area contributed by atoms with Crippen LogP contribution in [0, 0.1) is 11.7 Å². The summed E-state index contributed by atoms with van der Waals surface area (Å²) in [6, 6.07) is 15.8. The van der Waals surface area contributed by atoms with Gasteiger partial charge in [-0.25, -0.2) is 4.39 Å². The minimum absolute atomic E-state index is 0.106. The number of para-hydroxylation sites is 1. The molecule has 0 saturated heterocycles. The number of benzene rings is 2. The summed E-state index contributed by atoms with van der Waals surface area (Å²) in [5.41, 5.74) is 1.14. The van der Waals surface area contributed by atoms with Crippen LogP contribution in [-0.2, 0) is 9.53 Å². The zero-order chi connectivity index (χ0) is 19.2. The standard InChI is InChI=1S/C20H20FN3O2S/c1-14(2)12-26-18(25)13-27-20-23-22-19(16-10-6-7-11-17(16)21)24(20)15-8-4-3-5-9-15/h3-11,14H,12-13H2,1-2H3. The fraction of sp³-hybridized carbons (Fsp3) is 0.250. The van der Waals surface area contributed by atoms with Gasteiger partial charge in [-0.2, -0.15) is 0 Å². The van der Waals surface area contributed by atoms with Gasteiger partial charge >= 0.3 is 5.97 Å². The second kappa shape index (κ2) is 8.81. The molecule has 7 heteroatoms. The van der Waals surface area contributed by atoms with Gasteiger partial charge in [0.15, 0.2) is 11.0 Å². The van der Waals surface area contributed by atoms with E-state index in [1.54, 1.807) is 22.8 Å². The van der Waals surface area contributed by atoms with Crippen LogP contribution in [-0.4, -0.2) is 33.1 Å². The van der Waals surface area contributed by atoms with E-state index in [0.717, 1.165) is 5.69 Å². The molecule has 0 radical (unpaired) electrons. The quantitative estimate of drug-likeness (QED) is 0.447. The molecule has 0 aliphatic carbocycles. The first kappa shape index (κ1) is 19.1. The molecule has 1 aromatic heterocycles. The summed E-state index contributed by atoms with van der Waals surface area (Å²) in [4.78, 5) is 11.9. The number of aromatic nitrogens is 3. The maximum absolute atomic E-state index is 14.3. The van der Waals surface area contributed by atoms with Crippen molar-refractivity contribution in [1.29, 1.82) is 0 Å². The number of thioether (sulfide) groups is 1. The van der Waals surface area contributed by atoms with Crippen molar-refractivity contribution in [3.8, 4) is 17.1 Å². The van der Waals surface area contributed by atoms with Crippen LogP contribution >= 0.6 is 11.8 Å². The normalized spacial score (nSPS) is 11.0. The summed E-state index contributed by atoms with van der Waals surface area (Å²) in [5.74, 6) is 0.0743. The monoisotopic (exact) mass is 385 g/mol. The lowest BCUT2D eigenvalue weighted by molar-refractivity contribution is -0.141. The first-order valence-corrected chi connectivity index (χ1v) is 9.59. The Bertz CT molecular complexity index is 913. The van der Waals surface area contributed by atoms with Crippen LogP contribution in [0.3, 0.4) is 0 Å². The molecular weight excluding hydrogens is 365 g/mol. The number of rotatable bonds is 7. The number of carbonyl (C=O) groups is 1. The number of nitrogens with zero attached hydrogens (tertiary/aromatic N) is 3. The number of hydrogen-bond donors (Lipinski definition) is 0. The summed E-state index contributed by atoms with van der Waals surface area (Å²) >= 11 is 1.22. The molecule has 1 heterocycles. The van der Waals surface area contributed by atoms with E-state index in [2.05, 4.69) is 10.2 Å². The van der Waals surface area contributed by atoms with E-state index in [-0.39, 0.29) is 23.5 Å². The first-order valence-electron chi connectivity index (χ1n) is 8.60. The van der Waals surface area contributed by atoms with Crippen molar-refractivity contribution in [1.82, 2.24) is 14.8 Å². The average Bonchev–Trinajstić information content (AvgIpc) is 3.09. The fourth-order valence-corrected chi connectivity index (χ4v) is 3.16. The zero-order valence-electron chi connectivity index (χ0n) is 15.1. The molecule has 0 amide bonds. The van der Waals surface area contributed by atoms with E-state index >= 15 is 0 Å². The van der Waals surface area contributed by atoms with Gasteiger partial charge in [0.25, 0.3) is 0 Å². The summed E-state index contributed by atoms with van der Waals surface area (Å²) in [5, 5.41) is 8.86. The first-order chi connectivity index (χ1) is 13.1. The van der Waals surface area contributed by atoms with Gasteiger partial charge in [-0.15, -0.1) is 10.2 Å². The third-order valence-electron chi connectivity index (χ3n) is 3.66. The van der Waals surface area contributed by atoms with Crippen molar-refractivity contribution < 1.29 is 13.9 Å². The summed E-state index contributed by atoms with van der Waals surface area (Å²) in [7, 11) is 0. The molecule has 0 unspecified atom stereocenters. The Kier molecular flexibility index (Phi) is 6.24. The number of ether oxygens (including phenoxy) is 1. The Morgan fingerprint density at radius 3 is 2.52 bits per heavy atom. The van der Waals surface area contributed by atoms with E-state index in [1.807, 2.05) is 44.2 Å². The second-order valence-electron chi connectivity index (χ2n) is 6.32. The molecule has 0 atom stereocenters. The van der Waals surface area contributed by atoms with E-state index in [9.17, 15) is 9.18 Å². The van der Waals surface area contributed by atoms with E-state index in [4.69, 9.17) is 4.74 Å². The number of esters is 1. The number of halogens is 1. The van der Waals surface area contributed by atoms with Gasteiger partial charge in [-0.1, -0.05) is 55.9 Å². The van der Waals surface area contributed by atoms with Crippen LogP contribution in [0.25, 0.3) is 17.1 Å². The molecule has 5 nitrogen and oxygen atoms in total. The van der Waals surface area contributed by atoms with Crippen molar-refractivity contribution in [2.45, 2.75) is 19.0 Å². The lowest BCUT2D eigenvalue weighted by Gasteiger charge is -2.11. The van der Waals surface area contributed by atoms with Crippen molar-refractivity contribution in [3.05, 3.63) is 60.4 Å². The van der Waals surface area contributed by atoms with Gasteiger partial charge in [0.05, 0.1) is 17.9 Å². The van der Waals surface area contributed by atoms with Crippen molar-refractivity contribution in [2.24, 2.45) is 5.92 Å². The molecule has 27 heavy (non-hydrogen) atoms. The highest BCUT2D eigenvalue weighted by Crippen LogP contribution is 2.29. The Morgan fingerprint density at radius 2 is 1.81 bits per heavy atom. The zero-order valence-corrected chi connectivity index (χ0v) is 15.9. The topological polar surface area (TPSA) is 57.0 Å². The second-order valence-corrected chi connectivity index (χ2v) is 7.27. The van der Waals surface area contributed by atoms with Crippen molar-refractivity contribution in [2.75, 3.05) is 12.4 Å². The number of hydrogen-bond acceptors (Lipinski definition) is 5. The molecule has 0 N–H and O–H groups in total. The molecule has 3 rings (SSSR count). The van der Waals surface area contributed by atoms with Crippen LogP contribution in [0.2, 0.25) is 0 Å². The smallest absolute Gasteiger partial charge is 0.316 e. The molecule has 0 aliphatic heterocycles. The highest BCUT2D eigenvalue weighted by molar-refractivity contribution is 7.99. The molecule has 140 valence electrons. The van der Waals surface area contributed by atoms with Crippen LogP contribution < -0.4 is 0 Å². The van der Waals surface area contributed by atoms with Gasteiger partial charge < -0.3 is 4.74 Å². The molecular formula is C20H20FN3O2S. The molecule has 0 saturated carbocycles. The summed E-state index contributed by atoms with van der Waals surface area (Å²) in [6.07, 6.45) is 0. The SMILES string of the molecule is CC(C)COC(=O)CSc1nnc(-c2ccccc2F)n1-c1ccccc1. The average molecular weight is 385 g/mol. The Balaban J connectivity index is 1.91. The predicted octanol–water partition coefficient (Wildman–Crippen LogP) is 4.36. The van der Waals surface area contributed by atoms with Crippen LogP contribution in [0.15, 0.2) is 59.8 Å². The Morgan fingerprint density at radius 1 is 1.11 bits per heavy atom. The maximum Gasteiger partial charge on any atom is 0.316 e. The molecule has 3 aromatic rings. The van der Waals surface area contributed by atoms with E-state index in [0.29, 0.717) is 23.2 Å². The van der Waals surface area contributed by atoms with Crippen molar-refractivity contribution >= 4 is 17.7 Å². The number of carbonyl (C=O) groups excluding carboxylic acids is 1. The third-order valence-corrected chi connectivity index (χ3v) is 4.56. The van der Waals surface area contributed by atoms with Gasteiger partial charge in [-0.05, 0) is 30.2 Å². The van der Waals surface area contributed by atoms with Gasteiger partial charge in [0, 0.05) is 5.69 Å². The highest BCUT2D eigenvalue weighted by Gasteiger charge is 2.19. The molecule has 0 fully saturated rings.